The van der Waals surface area contributed by atoms with E-state index in [9.17, 15) is 14.7 Å². The Hall–Kier alpha value is -3.46. The molecule has 31 heavy (non-hydrogen) atoms. The first-order chi connectivity index (χ1) is 14.9. The van der Waals surface area contributed by atoms with Gasteiger partial charge in [-0.3, -0.25) is 19.3 Å². The normalized spacial score (nSPS) is 10.6. The summed E-state index contributed by atoms with van der Waals surface area (Å²) in [7, 11) is 0. The van der Waals surface area contributed by atoms with Crippen LogP contribution in [-0.2, 0) is 11.3 Å². The lowest BCUT2D eigenvalue weighted by Crippen LogP contribution is -2.30. The molecule has 0 atom stereocenters. The van der Waals surface area contributed by atoms with Crippen LogP contribution in [0, 0.1) is 11.7 Å². The molecule has 0 fully saturated rings. The second-order valence-corrected chi connectivity index (χ2v) is 7.52. The molecule has 0 radical (unpaired) electrons. The zero-order valence-corrected chi connectivity index (χ0v) is 18.0. The first-order valence-electron chi connectivity index (χ1n) is 10.0. The van der Waals surface area contributed by atoms with E-state index in [2.05, 4.69) is 20.8 Å². The summed E-state index contributed by atoms with van der Waals surface area (Å²) < 4.78 is 2.28. The third kappa shape index (κ3) is 6.26. The van der Waals surface area contributed by atoms with Crippen LogP contribution in [0.25, 0.3) is 11.4 Å². The van der Waals surface area contributed by atoms with Crippen molar-refractivity contribution >= 4 is 24.0 Å². The summed E-state index contributed by atoms with van der Waals surface area (Å²) in [6.07, 6.45) is 0.860. The van der Waals surface area contributed by atoms with E-state index in [0.29, 0.717) is 42.2 Å². The zero-order valence-electron chi connectivity index (χ0n) is 17.2. The molecule has 0 aliphatic heterocycles. The topological polar surface area (TPSA) is 112 Å². The molecule has 0 unspecified atom stereocenters. The van der Waals surface area contributed by atoms with E-state index < -0.39 is 0 Å². The van der Waals surface area contributed by atoms with Gasteiger partial charge in [-0.1, -0.05) is 35.9 Å². The van der Waals surface area contributed by atoms with Gasteiger partial charge in [-0.15, -0.1) is 0 Å². The van der Waals surface area contributed by atoms with Gasteiger partial charge in [-0.25, -0.2) is 0 Å². The Bertz CT molecular complexity index is 1100. The van der Waals surface area contributed by atoms with Crippen LogP contribution in [0.5, 0.6) is 5.75 Å². The molecule has 0 aliphatic carbocycles. The molecule has 0 spiro atoms. The molecular weight excluding hydrogens is 414 g/mol. The second kappa shape index (κ2) is 10.5. The molecule has 0 bridgehead atoms. The van der Waals surface area contributed by atoms with Gasteiger partial charge < -0.3 is 15.7 Å². The number of benzene rings is 2. The van der Waals surface area contributed by atoms with E-state index in [1.807, 2.05) is 35.8 Å². The Balaban J connectivity index is 1.41. The minimum Gasteiger partial charge on any atom is -0.508 e. The van der Waals surface area contributed by atoms with Gasteiger partial charge >= 0.3 is 0 Å². The smallest absolute Gasteiger partial charge is 0.251 e. The third-order valence-electron chi connectivity index (χ3n) is 4.70. The van der Waals surface area contributed by atoms with Crippen LogP contribution >= 0.6 is 12.2 Å². The monoisotopic (exact) mass is 439 g/mol. The lowest BCUT2D eigenvalue weighted by Gasteiger charge is -2.09. The largest absolute Gasteiger partial charge is 0.508 e. The van der Waals surface area contributed by atoms with Crippen molar-refractivity contribution in [3.63, 3.8) is 0 Å². The van der Waals surface area contributed by atoms with Crippen molar-refractivity contribution in [1.82, 2.24) is 25.4 Å². The number of hydrogen-bond acceptors (Lipinski definition) is 5. The van der Waals surface area contributed by atoms with Crippen molar-refractivity contribution in [2.24, 2.45) is 0 Å². The summed E-state index contributed by atoms with van der Waals surface area (Å²) in [6.45, 7) is 3.29. The fourth-order valence-electron chi connectivity index (χ4n) is 3.02. The van der Waals surface area contributed by atoms with E-state index in [4.69, 9.17) is 12.2 Å². The zero-order chi connectivity index (χ0) is 22.2. The number of aromatic nitrogens is 3. The first-order valence-corrected chi connectivity index (χ1v) is 10.4. The number of phenolic OH excluding ortho intramolecular Hbond substituents is 1. The molecule has 162 valence electrons. The summed E-state index contributed by atoms with van der Waals surface area (Å²) in [6, 6.07) is 14.1. The molecule has 2 amide bonds. The predicted molar refractivity (Wildman–Crippen MR) is 120 cm³/mol. The number of rotatable bonds is 9. The number of hydrogen-bond donors (Lipinski definition) is 4. The van der Waals surface area contributed by atoms with Gasteiger partial charge in [-0.2, -0.15) is 5.10 Å². The van der Waals surface area contributed by atoms with Crippen LogP contribution in [0.15, 0.2) is 48.5 Å². The minimum absolute atomic E-state index is 0.0446. The number of aromatic amines is 1. The quantitative estimate of drug-likeness (QED) is 0.303. The van der Waals surface area contributed by atoms with Gasteiger partial charge in [0.25, 0.3) is 5.91 Å². The van der Waals surface area contributed by atoms with E-state index >= 15 is 0 Å². The summed E-state index contributed by atoms with van der Waals surface area (Å²) in [4.78, 5) is 24.2. The number of carbonyl (C=O) groups excluding carboxylic acids is 2. The van der Waals surface area contributed by atoms with Crippen LogP contribution in [0.3, 0.4) is 0 Å². The number of aryl methyl sites for hydroxylation is 1. The number of aromatic hydroxyl groups is 1. The molecule has 4 N–H and O–H groups in total. The molecule has 1 heterocycles. The number of amides is 2. The van der Waals surface area contributed by atoms with E-state index in [1.165, 1.54) is 12.1 Å². The molecule has 2 aromatic carbocycles. The number of phenols is 1. The Labute approximate surface area is 185 Å². The van der Waals surface area contributed by atoms with Crippen LogP contribution in [0.4, 0.5) is 0 Å². The van der Waals surface area contributed by atoms with Gasteiger partial charge in [0.05, 0.1) is 0 Å². The summed E-state index contributed by atoms with van der Waals surface area (Å²) in [5, 5.41) is 22.1. The van der Waals surface area contributed by atoms with Crippen LogP contribution in [0.2, 0.25) is 0 Å². The Kier molecular flexibility index (Phi) is 7.55. The molecule has 3 rings (SSSR count). The molecule has 0 aliphatic rings. The number of nitrogens with one attached hydrogen (secondary N) is 3. The van der Waals surface area contributed by atoms with E-state index in [0.717, 1.165) is 11.1 Å². The summed E-state index contributed by atoms with van der Waals surface area (Å²) >= 11 is 5.30. The minimum atomic E-state index is -0.264. The number of H-pyrrole nitrogens is 1. The van der Waals surface area contributed by atoms with Gasteiger partial charge in [0.2, 0.25) is 5.91 Å². The average Bonchev–Trinajstić information content (AvgIpc) is 3.12. The predicted octanol–water partition coefficient (Wildman–Crippen LogP) is 2.95. The van der Waals surface area contributed by atoms with Gasteiger partial charge in [0, 0.05) is 37.2 Å². The van der Waals surface area contributed by atoms with Crippen LogP contribution < -0.4 is 10.6 Å². The highest BCUT2D eigenvalue weighted by molar-refractivity contribution is 7.71. The molecule has 0 saturated heterocycles. The number of carbonyl (C=O) groups is 2. The van der Waals surface area contributed by atoms with Crippen LogP contribution in [0.1, 0.15) is 28.8 Å². The van der Waals surface area contributed by atoms with Crippen molar-refractivity contribution < 1.29 is 14.7 Å². The Morgan fingerprint density at radius 2 is 1.87 bits per heavy atom. The second-order valence-electron chi connectivity index (χ2n) is 7.13. The molecule has 1 aromatic heterocycles. The lowest BCUT2D eigenvalue weighted by molar-refractivity contribution is -0.121. The van der Waals surface area contributed by atoms with Crippen molar-refractivity contribution in [2.45, 2.75) is 26.3 Å². The van der Waals surface area contributed by atoms with E-state index in [1.54, 1.807) is 12.1 Å². The van der Waals surface area contributed by atoms with Crippen LogP contribution in [-0.4, -0.2) is 44.8 Å². The van der Waals surface area contributed by atoms with E-state index in [-0.39, 0.29) is 24.0 Å². The third-order valence-corrected chi connectivity index (χ3v) is 5.01. The van der Waals surface area contributed by atoms with Gasteiger partial charge in [0.1, 0.15) is 5.75 Å². The average molecular weight is 440 g/mol. The van der Waals surface area contributed by atoms with Gasteiger partial charge in [0.15, 0.2) is 10.6 Å². The molecular formula is C22H25N5O3S. The molecule has 3 aromatic rings. The van der Waals surface area contributed by atoms with Crippen molar-refractivity contribution in [2.75, 3.05) is 13.1 Å². The maximum atomic E-state index is 12.2. The standard InChI is InChI=1S/C22H25N5O3S/c1-15-6-8-16(9-7-15)20-25-26-22(31)27(20)13-10-19(29)23-11-3-12-24-21(30)17-4-2-5-18(28)14-17/h2,4-9,14,28H,3,10-13H2,1H3,(H,23,29)(H,24,30)(H,26,31). The molecule has 0 saturated carbocycles. The highest BCUT2D eigenvalue weighted by atomic mass is 32.1. The fourth-order valence-corrected chi connectivity index (χ4v) is 3.24. The fraction of sp³-hybridized carbons (Fsp3) is 0.273. The van der Waals surface area contributed by atoms with Gasteiger partial charge in [-0.05, 0) is 43.8 Å². The van der Waals surface area contributed by atoms with Crippen molar-refractivity contribution in [3.8, 4) is 17.1 Å². The Morgan fingerprint density at radius 3 is 2.61 bits per heavy atom. The maximum absolute atomic E-state index is 12.2. The molecule has 9 heteroatoms. The van der Waals surface area contributed by atoms with Crippen molar-refractivity contribution in [1.29, 1.82) is 0 Å². The maximum Gasteiger partial charge on any atom is 0.251 e. The Morgan fingerprint density at radius 1 is 1.13 bits per heavy atom. The highest BCUT2D eigenvalue weighted by Gasteiger charge is 2.11. The lowest BCUT2D eigenvalue weighted by atomic mass is 10.1. The number of nitrogens with zero attached hydrogens (tertiary/aromatic N) is 2. The SMILES string of the molecule is Cc1ccc(-c2n[nH]c(=S)n2CCC(=O)NCCCNC(=O)c2cccc(O)c2)cc1. The summed E-state index contributed by atoms with van der Waals surface area (Å²) in [5.41, 5.74) is 2.48. The summed E-state index contributed by atoms with van der Waals surface area (Å²) in [5.74, 6) is 0.382. The first kappa shape index (κ1) is 22.2. The molecule has 8 nitrogen and oxygen atoms in total. The van der Waals surface area contributed by atoms with Crippen molar-refractivity contribution in [3.05, 3.63) is 64.4 Å². The highest BCUT2D eigenvalue weighted by Crippen LogP contribution is 2.18.